The SMILES string of the molecule is FC(F)(F)c1ccc(OC2CCN(CCc3c[nH]c4ccccc34)CC2)cc1. The van der Waals surface area contributed by atoms with Crippen LogP contribution < -0.4 is 4.74 Å². The number of aromatic amines is 1. The van der Waals surface area contributed by atoms with E-state index in [1.54, 1.807) is 0 Å². The number of hydrogen-bond acceptors (Lipinski definition) is 2. The Balaban J connectivity index is 1.25. The number of nitrogens with one attached hydrogen (secondary N) is 1. The topological polar surface area (TPSA) is 28.3 Å². The molecule has 148 valence electrons. The van der Waals surface area contributed by atoms with Crippen LogP contribution in [0.2, 0.25) is 0 Å². The lowest BCUT2D eigenvalue weighted by molar-refractivity contribution is -0.137. The van der Waals surface area contributed by atoms with Gasteiger partial charge in [0.2, 0.25) is 0 Å². The number of likely N-dealkylation sites (tertiary alicyclic amines) is 1. The molecule has 0 aliphatic carbocycles. The zero-order valence-corrected chi connectivity index (χ0v) is 15.5. The maximum Gasteiger partial charge on any atom is 0.416 e. The molecule has 0 atom stereocenters. The molecule has 1 aromatic heterocycles. The number of aromatic nitrogens is 1. The fourth-order valence-electron chi connectivity index (χ4n) is 3.78. The Kier molecular flexibility index (Phi) is 5.31. The van der Waals surface area contributed by atoms with Gasteiger partial charge in [-0.2, -0.15) is 13.2 Å². The van der Waals surface area contributed by atoms with Crippen LogP contribution in [-0.2, 0) is 12.6 Å². The molecule has 28 heavy (non-hydrogen) atoms. The van der Waals surface area contributed by atoms with E-state index in [1.807, 2.05) is 6.07 Å². The zero-order chi connectivity index (χ0) is 19.6. The van der Waals surface area contributed by atoms with Gasteiger partial charge < -0.3 is 14.6 Å². The maximum absolute atomic E-state index is 12.6. The average Bonchev–Trinajstić information content (AvgIpc) is 3.10. The normalized spacial score (nSPS) is 16.5. The number of rotatable bonds is 5. The van der Waals surface area contributed by atoms with Crippen molar-refractivity contribution in [2.45, 2.75) is 31.5 Å². The van der Waals surface area contributed by atoms with Gasteiger partial charge in [-0.1, -0.05) is 18.2 Å². The minimum atomic E-state index is -4.31. The number of piperidine rings is 1. The van der Waals surface area contributed by atoms with Crippen molar-refractivity contribution >= 4 is 10.9 Å². The summed E-state index contributed by atoms with van der Waals surface area (Å²) in [6.45, 7) is 2.87. The predicted molar refractivity (Wildman–Crippen MR) is 104 cm³/mol. The number of para-hydroxylation sites is 1. The van der Waals surface area contributed by atoms with Crippen molar-refractivity contribution in [1.82, 2.24) is 9.88 Å². The Morgan fingerprint density at radius 1 is 1.00 bits per heavy atom. The van der Waals surface area contributed by atoms with Crippen LogP contribution in [-0.4, -0.2) is 35.6 Å². The standard InChI is InChI=1S/C22H23F3N2O/c23-22(24,25)17-5-7-18(8-6-17)28-19-10-13-27(14-11-19)12-9-16-15-26-21-4-2-1-3-20(16)21/h1-8,15,19,26H,9-14H2. The largest absolute Gasteiger partial charge is 0.490 e. The highest BCUT2D eigenvalue weighted by Gasteiger charge is 2.30. The van der Waals surface area contributed by atoms with Crippen LogP contribution in [0, 0.1) is 0 Å². The number of ether oxygens (including phenoxy) is 1. The second-order valence-corrected chi connectivity index (χ2v) is 7.29. The van der Waals surface area contributed by atoms with Crippen molar-refractivity contribution in [2.24, 2.45) is 0 Å². The molecule has 0 amide bonds. The van der Waals surface area contributed by atoms with E-state index in [9.17, 15) is 13.2 Å². The number of H-pyrrole nitrogens is 1. The van der Waals surface area contributed by atoms with Gasteiger partial charge in [0.25, 0.3) is 0 Å². The van der Waals surface area contributed by atoms with Crippen LogP contribution in [0.3, 0.4) is 0 Å². The van der Waals surface area contributed by atoms with E-state index in [4.69, 9.17) is 4.74 Å². The van der Waals surface area contributed by atoms with Crippen molar-refractivity contribution < 1.29 is 17.9 Å². The first kappa shape index (κ1) is 18.9. The lowest BCUT2D eigenvalue weighted by atomic mass is 10.1. The molecule has 4 rings (SSSR count). The van der Waals surface area contributed by atoms with Gasteiger partial charge in [-0.3, -0.25) is 0 Å². The summed E-state index contributed by atoms with van der Waals surface area (Å²) < 4.78 is 43.8. The summed E-state index contributed by atoms with van der Waals surface area (Å²) >= 11 is 0. The van der Waals surface area contributed by atoms with E-state index < -0.39 is 11.7 Å². The molecule has 0 spiro atoms. The third kappa shape index (κ3) is 4.33. The summed E-state index contributed by atoms with van der Waals surface area (Å²) in [6, 6.07) is 13.3. The van der Waals surface area contributed by atoms with E-state index in [1.165, 1.54) is 28.6 Å². The monoisotopic (exact) mass is 388 g/mol. The van der Waals surface area contributed by atoms with Crippen LogP contribution in [0.15, 0.2) is 54.7 Å². The quantitative estimate of drug-likeness (QED) is 0.645. The van der Waals surface area contributed by atoms with E-state index in [0.717, 1.165) is 51.0 Å². The molecule has 0 bridgehead atoms. The highest BCUT2D eigenvalue weighted by atomic mass is 19.4. The number of fused-ring (bicyclic) bond motifs is 1. The molecule has 6 heteroatoms. The number of nitrogens with zero attached hydrogens (tertiary/aromatic N) is 1. The van der Waals surface area contributed by atoms with Gasteiger partial charge in [-0.05, 0) is 55.2 Å². The minimum Gasteiger partial charge on any atom is -0.490 e. The first-order chi connectivity index (χ1) is 13.5. The van der Waals surface area contributed by atoms with Crippen LogP contribution in [0.5, 0.6) is 5.75 Å². The number of benzene rings is 2. The van der Waals surface area contributed by atoms with E-state index in [0.29, 0.717) is 5.75 Å². The smallest absolute Gasteiger partial charge is 0.416 e. The molecule has 1 N–H and O–H groups in total. The third-order valence-electron chi connectivity index (χ3n) is 5.39. The van der Waals surface area contributed by atoms with Crippen LogP contribution >= 0.6 is 0 Å². The van der Waals surface area contributed by atoms with Gasteiger partial charge in [0.15, 0.2) is 0 Å². The molecule has 1 saturated heterocycles. The fraction of sp³-hybridized carbons (Fsp3) is 0.364. The number of hydrogen-bond donors (Lipinski definition) is 1. The predicted octanol–water partition coefficient (Wildman–Crippen LogP) is 5.27. The van der Waals surface area contributed by atoms with Gasteiger partial charge >= 0.3 is 6.18 Å². The molecule has 1 aliphatic heterocycles. The fourth-order valence-corrected chi connectivity index (χ4v) is 3.78. The summed E-state index contributed by atoms with van der Waals surface area (Å²) in [5.41, 5.74) is 1.85. The second-order valence-electron chi connectivity index (χ2n) is 7.29. The lowest BCUT2D eigenvalue weighted by Crippen LogP contribution is -2.39. The minimum absolute atomic E-state index is 0.0566. The summed E-state index contributed by atoms with van der Waals surface area (Å²) in [7, 11) is 0. The molecular weight excluding hydrogens is 365 g/mol. The molecule has 0 radical (unpaired) electrons. The Hall–Kier alpha value is -2.47. The molecule has 1 aliphatic rings. The van der Waals surface area contributed by atoms with Crippen LogP contribution in [0.1, 0.15) is 24.0 Å². The Labute approximate surface area is 162 Å². The molecule has 3 aromatic rings. The second kappa shape index (κ2) is 7.87. The molecule has 2 aromatic carbocycles. The van der Waals surface area contributed by atoms with Gasteiger partial charge in [-0.15, -0.1) is 0 Å². The van der Waals surface area contributed by atoms with Crippen LogP contribution in [0.4, 0.5) is 13.2 Å². The maximum atomic E-state index is 12.6. The molecule has 1 fully saturated rings. The first-order valence-electron chi connectivity index (χ1n) is 9.60. The van der Waals surface area contributed by atoms with Crippen molar-refractivity contribution in [3.8, 4) is 5.75 Å². The first-order valence-corrected chi connectivity index (χ1v) is 9.60. The summed E-state index contributed by atoms with van der Waals surface area (Å²) in [5.74, 6) is 0.505. The highest BCUT2D eigenvalue weighted by molar-refractivity contribution is 5.83. The Morgan fingerprint density at radius 3 is 2.43 bits per heavy atom. The average molecular weight is 388 g/mol. The Morgan fingerprint density at radius 2 is 1.71 bits per heavy atom. The number of halogens is 3. The van der Waals surface area contributed by atoms with E-state index in [-0.39, 0.29) is 6.10 Å². The lowest BCUT2D eigenvalue weighted by Gasteiger charge is -2.32. The molecule has 3 nitrogen and oxygen atoms in total. The number of alkyl halides is 3. The van der Waals surface area contributed by atoms with Crippen molar-refractivity contribution in [2.75, 3.05) is 19.6 Å². The van der Waals surface area contributed by atoms with Gasteiger partial charge in [-0.25, -0.2) is 0 Å². The van der Waals surface area contributed by atoms with Crippen molar-refractivity contribution in [3.05, 3.63) is 65.9 Å². The van der Waals surface area contributed by atoms with E-state index in [2.05, 4.69) is 34.3 Å². The highest BCUT2D eigenvalue weighted by Crippen LogP contribution is 2.31. The molecule has 2 heterocycles. The van der Waals surface area contributed by atoms with Gasteiger partial charge in [0.1, 0.15) is 11.9 Å². The molecule has 0 unspecified atom stereocenters. The van der Waals surface area contributed by atoms with Gasteiger partial charge in [0.05, 0.1) is 5.56 Å². The summed E-state index contributed by atoms with van der Waals surface area (Å²) in [6.07, 6.45) is 0.596. The van der Waals surface area contributed by atoms with Crippen LogP contribution in [0.25, 0.3) is 10.9 Å². The molecular formula is C22H23F3N2O. The third-order valence-corrected chi connectivity index (χ3v) is 5.39. The Bertz CT molecular complexity index is 909. The van der Waals surface area contributed by atoms with Gasteiger partial charge in [0, 0.05) is 36.7 Å². The zero-order valence-electron chi connectivity index (χ0n) is 15.5. The summed E-state index contributed by atoms with van der Waals surface area (Å²) in [5, 5.41) is 1.28. The molecule has 0 saturated carbocycles. The van der Waals surface area contributed by atoms with Crippen molar-refractivity contribution in [3.63, 3.8) is 0 Å². The van der Waals surface area contributed by atoms with E-state index >= 15 is 0 Å². The summed E-state index contributed by atoms with van der Waals surface area (Å²) in [4.78, 5) is 5.74. The van der Waals surface area contributed by atoms with Crippen molar-refractivity contribution in [1.29, 1.82) is 0 Å².